The van der Waals surface area contributed by atoms with Gasteiger partial charge in [0.25, 0.3) is 15.6 Å². The summed E-state index contributed by atoms with van der Waals surface area (Å²) >= 11 is 6.14. The van der Waals surface area contributed by atoms with Crippen LogP contribution in [0.4, 0.5) is 5.69 Å². The highest BCUT2D eigenvalue weighted by atomic mass is 35.5. The van der Waals surface area contributed by atoms with Crippen molar-refractivity contribution in [1.82, 2.24) is 8.96 Å². The molecule has 0 aliphatic rings. The number of nitrogens with one attached hydrogen (secondary N) is 1. The maximum Gasteiger partial charge on any atom is 0.273 e. The minimum Gasteiger partial charge on any atom is -0.398 e. The number of hydrogen-bond donors (Lipinski definition) is 2. The van der Waals surface area contributed by atoms with Crippen molar-refractivity contribution in [2.24, 2.45) is 0 Å². The molecule has 6 nitrogen and oxygen atoms in total. The lowest BCUT2D eigenvalue weighted by Gasteiger charge is -2.12. The van der Waals surface area contributed by atoms with Gasteiger partial charge in [0, 0.05) is 17.1 Å². The van der Waals surface area contributed by atoms with Gasteiger partial charge in [-0.1, -0.05) is 35.4 Å². The fourth-order valence-corrected chi connectivity index (χ4v) is 4.81. The Morgan fingerprint density at radius 1 is 1.04 bits per heavy atom. The summed E-state index contributed by atoms with van der Waals surface area (Å²) in [5.74, 6) is 0. The molecule has 2 aromatic heterocycles. The standard InChI is InChI=1S/C20H16ClN3O3S/c1-12-2-5-15(6-3-12)28(26,27)24-18(13-4-7-17(22)16(21)10-13)11-14-8-9-23-20(25)19(14)24/h2-11H,22H2,1H3,(H,23,25). The molecule has 2 heterocycles. The summed E-state index contributed by atoms with van der Waals surface area (Å²) < 4.78 is 28.0. The van der Waals surface area contributed by atoms with E-state index in [2.05, 4.69) is 4.98 Å². The number of aromatic nitrogens is 2. The van der Waals surface area contributed by atoms with Gasteiger partial charge in [-0.15, -0.1) is 0 Å². The summed E-state index contributed by atoms with van der Waals surface area (Å²) in [6.45, 7) is 1.87. The molecule has 0 radical (unpaired) electrons. The van der Waals surface area contributed by atoms with Gasteiger partial charge >= 0.3 is 0 Å². The third-order valence-electron chi connectivity index (χ3n) is 4.54. The largest absolute Gasteiger partial charge is 0.398 e. The van der Waals surface area contributed by atoms with Crippen molar-refractivity contribution >= 4 is 38.2 Å². The van der Waals surface area contributed by atoms with E-state index in [1.807, 2.05) is 6.92 Å². The van der Waals surface area contributed by atoms with Gasteiger partial charge in [0.2, 0.25) is 0 Å². The number of benzene rings is 2. The van der Waals surface area contributed by atoms with Crippen molar-refractivity contribution in [3.05, 3.63) is 81.7 Å². The lowest BCUT2D eigenvalue weighted by atomic mass is 10.1. The van der Waals surface area contributed by atoms with Gasteiger partial charge in [-0.25, -0.2) is 12.4 Å². The zero-order valence-electron chi connectivity index (χ0n) is 14.8. The Hall–Kier alpha value is -3.03. The van der Waals surface area contributed by atoms with Crippen molar-refractivity contribution in [3.8, 4) is 11.3 Å². The Morgan fingerprint density at radius 2 is 1.75 bits per heavy atom. The molecule has 4 rings (SSSR count). The number of nitrogen functional groups attached to an aromatic ring is 1. The van der Waals surface area contributed by atoms with E-state index in [4.69, 9.17) is 17.3 Å². The average Bonchev–Trinajstić information content (AvgIpc) is 3.06. The minimum absolute atomic E-state index is 0.0472. The first-order valence-corrected chi connectivity index (χ1v) is 10.2. The van der Waals surface area contributed by atoms with E-state index in [1.54, 1.807) is 42.5 Å². The molecule has 28 heavy (non-hydrogen) atoms. The van der Waals surface area contributed by atoms with Gasteiger partial charge in [-0.3, -0.25) is 4.79 Å². The molecule has 0 saturated carbocycles. The number of nitrogens with zero attached hydrogens (tertiary/aromatic N) is 1. The molecule has 0 spiro atoms. The van der Waals surface area contributed by atoms with E-state index >= 15 is 0 Å². The van der Waals surface area contributed by atoms with Gasteiger partial charge < -0.3 is 10.7 Å². The number of H-pyrrole nitrogens is 1. The van der Waals surface area contributed by atoms with E-state index in [9.17, 15) is 13.2 Å². The van der Waals surface area contributed by atoms with Gasteiger partial charge in [0.15, 0.2) is 0 Å². The van der Waals surface area contributed by atoms with Crippen LogP contribution in [0.3, 0.4) is 0 Å². The van der Waals surface area contributed by atoms with Crippen molar-refractivity contribution in [2.75, 3.05) is 5.73 Å². The summed E-state index contributed by atoms with van der Waals surface area (Å²) in [4.78, 5) is 15.1. The minimum atomic E-state index is -4.04. The number of hydrogen-bond acceptors (Lipinski definition) is 4. The van der Waals surface area contributed by atoms with Gasteiger partial charge in [-0.05, 0) is 43.3 Å². The number of fused-ring (bicyclic) bond motifs is 1. The topological polar surface area (TPSA) is 97.9 Å². The highest BCUT2D eigenvalue weighted by molar-refractivity contribution is 7.90. The molecule has 0 aliphatic heterocycles. The first-order valence-electron chi connectivity index (χ1n) is 8.40. The van der Waals surface area contributed by atoms with E-state index in [-0.39, 0.29) is 10.4 Å². The maximum absolute atomic E-state index is 13.5. The molecular weight excluding hydrogens is 398 g/mol. The van der Waals surface area contributed by atoms with Crippen LogP contribution in [0.25, 0.3) is 22.2 Å². The number of pyridine rings is 1. The molecule has 0 fully saturated rings. The molecule has 0 bridgehead atoms. The zero-order valence-corrected chi connectivity index (χ0v) is 16.4. The van der Waals surface area contributed by atoms with Gasteiger partial charge in [0.05, 0.1) is 21.3 Å². The predicted molar refractivity (Wildman–Crippen MR) is 111 cm³/mol. The van der Waals surface area contributed by atoms with Crippen molar-refractivity contribution < 1.29 is 8.42 Å². The molecule has 0 saturated heterocycles. The Kier molecular flexibility index (Phi) is 4.28. The van der Waals surface area contributed by atoms with Crippen molar-refractivity contribution in [2.45, 2.75) is 11.8 Å². The lowest BCUT2D eigenvalue weighted by Crippen LogP contribution is -2.19. The van der Waals surface area contributed by atoms with E-state index < -0.39 is 15.6 Å². The van der Waals surface area contributed by atoms with Crippen LogP contribution < -0.4 is 11.3 Å². The molecular formula is C20H16ClN3O3S. The fraction of sp³-hybridized carbons (Fsp3) is 0.0500. The van der Waals surface area contributed by atoms with E-state index in [0.29, 0.717) is 27.4 Å². The number of aromatic amines is 1. The predicted octanol–water partition coefficient (Wildman–Crippen LogP) is 3.78. The van der Waals surface area contributed by atoms with Gasteiger partial charge in [-0.2, -0.15) is 0 Å². The molecule has 0 aliphatic carbocycles. The maximum atomic E-state index is 13.5. The number of anilines is 1. The number of aryl methyl sites for hydroxylation is 1. The number of rotatable bonds is 3. The Bertz CT molecular complexity index is 1370. The van der Waals surface area contributed by atoms with Crippen LogP contribution in [0, 0.1) is 6.92 Å². The first-order chi connectivity index (χ1) is 13.3. The van der Waals surface area contributed by atoms with Crippen LogP contribution in [0.5, 0.6) is 0 Å². The monoisotopic (exact) mass is 413 g/mol. The third kappa shape index (κ3) is 2.89. The highest BCUT2D eigenvalue weighted by Crippen LogP contribution is 2.33. The third-order valence-corrected chi connectivity index (χ3v) is 6.59. The van der Waals surface area contributed by atoms with Crippen LogP contribution in [-0.2, 0) is 10.0 Å². The molecule has 0 amide bonds. The molecule has 0 unspecified atom stereocenters. The number of nitrogens with two attached hydrogens (primary N) is 1. The summed E-state index contributed by atoms with van der Waals surface area (Å²) in [5.41, 5.74) is 7.50. The second-order valence-corrected chi connectivity index (χ2v) is 8.65. The molecule has 2 aromatic carbocycles. The molecule has 142 valence electrons. The van der Waals surface area contributed by atoms with Crippen LogP contribution in [-0.4, -0.2) is 17.4 Å². The lowest BCUT2D eigenvalue weighted by molar-refractivity contribution is 0.589. The zero-order chi connectivity index (χ0) is 20.1. The van der Waals surface area contributed by atoms with Crippen molar-refractivity contribution in [3.63, 3.8) is 0 Å². The normalized spacial score (nSPS) is 11.8. The Morgan fingerprint density at radius 3 is 2.43 bits per heavy atom. The van der Waals surface area contributed by atoms with Crippen LogP contribution >= 0.6 is 11.6 Å². The second-order valence-electron chi connectivity index (χ2n) is 6.46. The SMILES string of the molecule is Cc1ccc(S(=O)(=O)n2c(-c3ccc(N)c(Cl)c3)cc3cc[nH]c(=O)c32)cc1. The van der Waals surface area contributed by atoms with Gasteiger partial charge in [0.1, 0.15) is 5.52 Å². The summed E-state index contributed by atoms with van der Waals surface area (Å²) in [7, 11) is -4.04. The second kappa shape index (κ2) is 6.54. The summed E-state index contributed by atoms with van der Waals surface area (Å²) in [6, 6.07) is 14.6. The average molecular weight is 414 g/mol. The quantitative estimate of drug-likeness (QED) is 0.499. The Balaban J connectivity index is 2.10. The highest BCUT2D eigenvalue weighted by Gasteiger charge is 2.25. The smallest absolute Gasteiger partial charge is 0.273 e. The fourth-order valence-electron chi connectivity index (χ4n) is 3.09. The van der Waals surface area contributed by atoms with Crippen LogP contribution in [0.2, 0.25) is 5.02 Å². The molecule has 3 N–H and O–H groups in total. The van der Waals surface area contributed by atoms with Crippen LogP contribution in [0.15, 0.2) is 70.5 Å². The van der Waals surface area contributed by atoms with Crippen LogP contribution in [0.1, 0.15) is 5.56 Å². The Labute approximate surface area is 166 Å². The first kappa shape index (κ1) is 18.3. The summed E-state index contributed by atoms with van der Waals surface area (Å²) in [5, 5.41) is 0.804. The number of halogens is 1. The van der Waals surface area contributed by atoms with E-state index in [1.165, 1.54) is 18.3 Å². The molecule has 8 heteroatoms. The molecule has 0 atom stereocenters. The van der Waals surface area contributed by atoms with E-state index in [0.717, 1.165) is 9.54 Å². The summed E-state index contributed by atoms with van der Waals surface area (Å²) in [6.07, 6.45) is 1.48. The van der Waals surface area contributed by atoms with Crippen molar-refractivity contribution in [1.29, 1.82) is 0 Å². The molecule has 4 aromatic rings.